The van der Waals surface area contributed by atoms with E-state index in [1.54, 1.807) is 36.4 Å². The van der Waals surface area contributed by atoms with Crippen LogP contribution in [0.25, 0.3) is 33.4 Å². The molecule has 4 rings (SSSR count). The Kier molecular flexibility index (Phi) is 4.62. The van der Waals surface area contributed by atoms with Gasteiger partial charge in [-0.1, -0.05) is 35.9 Å². The number of alkyl halides is 3. The van der Waals surface area contributed by atoms with Gasteiger partial charge in [-0.2, -0.15) is 13.2 Å². The molecule has 146 valence electrons. The number of benzene rings is 3. The first-order valence-corrected chi connectivity index (χ1v) is 8.77. The number of halogens is 5. The van der Waals surface area contributed by atoms with Crippen molar-refractivity contribution in [2.24, 2.45) is 0 Å². The lowest BCUT2D eigenvalue weighted by Crippen LogP contribution is -2.09. The molecule has 1 heterocycles. The molecule has 0 unspecified atom stereocenters. The molecule has 4 aromatic rings. The molecule has 0 aliphatic heterocycles. The van der Waals surface area contributed by atoms with Crippen molar-refractivity contribution in [1.82, 2.24) is 9.97 Å². The SMILES string of the molecule is O=c1[nH]c(-c2cccc(-c3cc(F)cc(C(F)(F)F)c3)c2)nc2c(Cl)cccc12. The Morgan fingerprint density at radius 2 is 1.62 bits per heavy atom. The second-order valence-corrected chi connectivity index (χ2v) is 6.76. The van der Waals surface area contributed by atoms with Gasteiger partial charge in [-0.25, -0.2) is 9.37 Å². The number of nitrogens with one attached hydrogen (secondary N) is 1. The van der Waals surface area contributed by atoms with Crippen LogP contribution in [0.1, 0.15) is 5.56 Å². The van der Waals surface area contributed by atoms with Crippen LogP contribution in [0, 0.1) is 5.82 Å². The molecule has 1 aromatic heterocycles. The predicted molar refractivity (Wildman–Crippen MR) is 103 cm³/mol. The van der Waals surface area contributed by atoms with Crippen molar-refractivity contribution in [3.8, 4) is 22.5 Å². The highest BCUT2D eigenvalue weighted by atomic mass is 35.5. The number of hydrogen-bond acceptors (Lipinski definition) is 2. The Morgan fingerprint density at radius 1 is 0.897 bits per heavy atom. The van der Waals surface area contributed by atoms with E-state index in [9.17, 15) is 22.4 Å². The molecule has 0 bridgehead atoms. The lowest BCUT2D eigenvalue weighted by atomic mass is 10.0. The number of hydrogen-bond donors (Lipinski definition) is 1. The Labute approximate surface area is 166 Å². The molecule has 0 saturated carbocycles. The van der Waals surface area contributed by atoms with Gasteiger partial charge in [-0.15, -0.1) is 0 Å². The summed E-state index contributed by atoms with van der Waals surface area (Å²) >= 11 is 6.13. The molecule has 0 fully saturated rings. The zero-order valence-electron chi connectivity index (χ0n) is 14.5. The minimum Gasteiger partial charge on any atom is -0.306 e. The van der Waals surface area contributed by atoms with Gasteiger partial charge in [0.1, 0.15) is 11.6 Å². The maximum atomic E-state index is 13.8. The summed E-state index contributed by atoms with van der Waals surface area (Å²) in [5.74, 6) is -0.797. The first kappa shape index (κ1) is 19.1. The molecular weight excluding hydrogens is 408 g/mol. The molecular formula is C21H11ClF4N2O. The summed E-state index contributed by atoms with van der Waals surface area (Å²) in [7, 11) is 0. The number of aromatic nitrogens is 2. The van der Waals surface area contributed by atoms with Crippen LogP contribution in [-0.4, -0.2) is 9.97 Å². The van der Waals surface area contributed by atoms with Crippen LogP contribution in [0.15, 0.2) is 65.5 Å². The van der Waals surface area contributed by atoms with Gasteiger partial charge in [0.2, 0.25) is 0 Å². The third-order valence-electron chi connectivity index (χ3n) is 4.38. The molecule has 0 atom stereocenters. The topological polar surface area (TPSA) is 45.8 Å². The number of fused-ring (bicyclic) bond motifs is 1. The van der Waals surface area contributed by atoms with Gasteiger partial charge >= 0.3 is 6.18 Å². The number of aromatic amines is 1. The third-order valence-corrected chi connectivity index (χ3v) is 4.69. The number of rotatable bonds is 2. The van der Waals surface area contributed by atoms with Crippen molar-refractivity contribution in [1.29, 1.82) is 0 Å². The highest BCUT2D eigenvalue weighted by molar-refractivity contribution is 6.35. The minimum absolute atomic E-state index is 0.0559. The van der Waals surface area contributed by atoms with Crippen molar-refractivity contribution in [3.63, 3.8) is 0 Å². The van der Waals surface area contributed by atoms with Crippen LogP contribution in [0.2, 0.25) is 5.02 Å². The minimum atomic E-state index is -4.67. The van der Waals surface area contributed by atoms with Crippen LogP contribution in [0.5, 0.6) is 0 Å². The Balaban J connectivity index is 1.86. The molecule has 0 aliphatic rings. The summed E-state index contributed by atoms with van der Waals surface area (Å²) in [6.45, 7) is 0. The number of para-hydroxylation sites is 1. The van der Waals surface area contributed by atoms with E-state index in [1.807, 2.05) is 0 Å². The van der Waals surface area contributed by atoms with Crippen LogP contribution in [0.4, 0.5) is 17.6 Å². The van der Waals surface area contributed by atoms with Crippen molar-refractivity contribution in [2.45, 2.75) is 6.18 Å². The number of H-pyrrole nitrogens is 1. The van der Waals surface area contributed by atoms with Crippen LogP contribution in [-0.2, 0) is 6.18 Å². The summed E-state index contributed by atoms with van der Waals surface area (Å²) in [6.07, 6.45) is -4.67. The summed E-state index contributed by atoms with van der Waals surface area (Å²) in [5.41, 5.74) is -0.331. The van der Waals surface area contributed by atoms with E-state index in [-0.39, 0.29) is 11.4 Å². The highest BCUT2D eigenvalue weighted by Gasteiger charge is 2.31. The third kappa shape index (κ3) is 3.73. The fourth-order valence-electron chi connectivity index (χ4n) is 3.03. The molecule has 3 aromatic carbocycles. The largest absolute Gasteiger partial charge is 0.416 e. The first-order valence-electron chi connectivity index (χ1n) is 8.39. The standard InChI is InChI=1S/C21H11ClF4N2O/c22-17-6-2-5-16-18(17)27-19(28-20(16)29)12-4-1-3-11(7-12)13-8-14(21(24,25)26)10-15(23)9-13/h1-10H,(H,27,28,29). The van der Waals surface area contributed by atoms with E-state index in [4.69, 9.17) is 11.6 Å². The van der Waals surface area contributed by atoms with Gasteiger partial charge in [-0.3, -0.25) is 4.79 Å². The average Bonchev–Trinajstić information content (AvgIpc) is 2.67. The molecule has 8 heteroatoms. The fraction of sp³-hybridized carbons (Fsp3) is 0.0476. The van der Waals surface area contributed by atoms with Crippen molar-refractivity contribution in [3.05, 3.63) is 87.4 Å². The normalized spacial score (nSPS) is 11.8. The monoisotopic (exact) mass is 418 g/mol. The quantitative estimate of drug-likeness (QED) is 0.402. The number of nitrogens with zero attached hydrogens (tertiary/aromatic N) is 1. The second-order valence-electron chi connectivity index (χ2n) is 6.36. The van der Waals surface area contributed by atoms with E-state index in [2.05, 4.69) is 9.97 Å². The first-order chi connectivity index (χ1) is 13.7. The molecule has 1 N–H and O–H groups in total. The molecule has 29 heavy (non-hydrogen) atoms. The van der Waals surface area contributed by atoms with Crippen LogP contribution < -0.4 is 5.56 Å². The van der Waals surface area contributed by atoms with E-state index < -0.39 is 23.1 Å². The van der Waals surface area contributed by atoms with Crippen molar-refractivity contribution >= 4 is 22.5 Å². The van der Waals surface area contributed by atoms with Crippen molar-refractivity contribution < 1.29 is 17.6 Å². The Hall–Kier alpha value is -3.19. The second kappa shape index (κ2) is 7.00. The average molecular weight is 419 g/mol. The van der Waals surface area contributed by atoms with Crippen molar-refractivity contribution in [2.75, 3.05) is 0 Å². The molecule has 0 spiro atoms. The maximum absolute atomic E-state index is 13.8. The predicted octanol–water partition coefficient (Wildman–Crippen LogP) is 6.07. The Bertz CT molecular complexity index is 1300. The maximum Gasteiger partial charge on any atom is 0.416 e. The lowest BCUT2D eigenvalue weighted by molar-refractivity contribution is -0.137. The van der Waals surface area contributed by atoms with E-state index >= 15 is 0 Å². The van der Waals surface area contributed by atoms with Gasteiger partial charge < -0.3 is 4.98 Å². The van der Waals surface area contributed by atoms with Gasteiger partial charge in [-0.05, 0) is 47.5 Å². The smallest absolute Gasteiger partial charge is 0.306 e. The fourth-order valence-corrected chi connectivity index (χ4v) is 3.25. The molecule has 0 amide bonds. The summed E-state index contributed by atoms with van der Waals surface area (Å²) in [4.78, 5) is 19.4. The van der Waals surface area contributed by atoms with Gasteiger partial charge in [0.05, 0.1) is 21.5 Å². The molecule has 0 saturated heterocycles. The van der Waals surface area contributed by atoms with Crippen LogP contribution >= 0.6 is 11.6 Å². The summed E-state index contributed by atoms with van der Waals surface area (Å²) < 4.78 is 52.8. The van der Waals surface area contributed by atoms with Gasteiger partial charge in [0.15, 0.2) is 0 Å². The summed E-state index contributed by atoms with van der Waals surface area (Å²) in [6, 6.07) is 13.4. The Morgan fingerprint density at radius 3 is 2.38 bits per heavy atom. The lowest BCUT2D eigenvalue weighted by Gasteiger charge is -2.11. The molecule has 3 nitrogen and oxygen atoms in total. The molecule has 0 radical (unpaired) electrons. The highest BCUT2D eigenvalue weighted by Crippen LogP contribution is 2.34. The van der Waals surface area contributed by atoms with Gasteiger partial charge in [0.25, 0.3) is 5.56 Å². The van der Waals surface area contributed by atoms with Gasteiger partial charge in [0, 0.05) is 5.56 Å². The zero-order chi connectivity index (χ0) is 20.8. The van der Waals surface area contributed by atoms with E-state index in [1.165, 1.54) is 6.07 Å². The molecule has 0 aliphatic carbocycles. The summed E-state index contributed by atoms with van der Waals surface area (Å²) in [5, 5.41) is 0.614. The van der Waals surface area contributed by atoms with E-state index in [0.717, 1.165) is 12.1 Å². The van der Waals surface area contributed by atoms with E-state index in [0.29, 0.717) is 33.1 Å². The zero-order valence-corrected chi connectivity index (χ0v) is 15.3. The van der Waals surface area contributed by atoms with Crippen LogP contribution in [0.3, 0.4) is 0 Å².